The van der Waals surface area contributed by atoms with Gasteiger partial charge in [0, 0.05) is 57.2 Å². The standard InChI is InChI=1S/C25H41N7O10S2/c26-17(13-34)9-21(37)27-1-2-31-3-5-32(6-4-31)12-24(40)29-19(15-36)10-22(38)28-18(14-35)11-23(39)30-20(25(41)42)16-44-43-8-7-33/h13-15,17-20,33H,1-12,16,26H2,(H,27,37)(H,28,38)(H,29,40)(H,30,39)(H,41,42)/t17-,18-,19-,20-/m0/s1. The Morgan fingerprint density at radius 1 is 0.773 bits per heavy atom. The average molecular weight is 664 g/mol. The number of nitrogens with two attached hydrogens (primary N) is 1. The van der Waals surface area contributed by atoms with Crippen molar-refractivity contribution in [3.05, 3.63) is 0 Å². The van der Waals surface area contributed by atoms with Crippen LogP contribution in [-0.2, 0) is 38.4 Å². The van der Waals surface area contributed by atoms with E-state index in [0.29, 0.717) is 63.9 Å². The predicted octanol–water partition coefficient (Wildman–Crippen LogP) is -4.27. The number of nitrogens with one attached hydrogen (secondary N) is 4. The number of amides is 4. The minimum atomic E-state index is -1.28. The number of aliphatic hydroxyl groups is 1. The van der Waals surface area contributed by atoms with E-state index >= 15 is 0 Å². The molecule has 1 aliphatic rings. The summed E-state index contributed by atoms with van der Waals surface area (Å²) in [5, 5.41) is 27.8. The van der Waals surface area contributed by atoms with Crippen molar-refractivity contribution in [1.82, 2.24) is 31.1 Å². The van der Waals surface area contributed by atoms with Gasteiger partial charge in [-0.3, -0.25) is 29.0 Å². The summed E-state index contributed by atoms with van der Waals surface area (Å²) in [4.78, 5) is 97.6. The van der Waals surface area contributed by atoms with E-state index in [2.05, 4.69) is 26.2 Å². The van der Waals surface area contributed by atoms with E-state index in [-0.39, 0.29) is 31.2 Å². The maximum atomic E-state index is 12.5. The van der Waals surface area contributed by atoms with Gasteiger partial charge in [-0.15, -0.1) is 0 Å². The van der Waals surface area contributed by atoms with Crippen molar-refractivity contribution in [2.45, 2.75) is 43.4 Å². The molecule has 0 aliphatic carbocycles. The van der Waals surface area contributed by atoms with Crippen LogP contribution < -0.4 is 27.0 Å². The van der Waals surface area contributed by atoms with E-state index in [1.807, 2.05) is 4.90 Å². The van der Waals surface area contributed by atoms with Gasteiger partial charge in [0.15, 0.2) is 0 Å². The molecule has 1 heterocycles. The molecule has 19 heteroatoms. The molecular formula is C25H41N7O10S2. The fourth-order valence-electron chi connectivity index (χ4n) is 3.89. The summed E-state index contributed by atoms with van der Waals surface area (Å²) in [6, 6.07) is -4.53. The lowest BCUT2D eigenvalue weighted by molar-refractivity contribution is -0.141. The lowest BCUT2D eigenvalue weighted by Crippen LogP contribution is -2.52. The molecular weight excluding hydrogens is 622 g/mol. The summed E-state index contributed by atoms with van der Waals surface area (Å²) < 4.78 is 0. The van der Waals surface area contributed by atoms with Gasteiger partial charge < -0.3 is 51.6 Å². The average Bonchev–Trinajstić information content (AvgIpc) is 2.98. The SMILES string of the molecule is N[C@H](C=O)CC(=O)NCCN1CCN(CC(=O)N[C@H](C=O)CC(=O)N[C@H](C=O)CC(=O)N[C@@H](CSSCCO)C(=O)O)CC1. The Labute approximate surface area is 262 Å². The van der Waals surface area contributed by atoms with Crippen molar-refractivity contribution in [3.8, 4) is 0 Å². The van der Waals surface area contributed by atoms with E-state index in [0.717, 1.165) is 10.8 Å². The van der Waals surface area contributed by atoms with Crippen LogP contribution in [0.15, 0.2) is 0 Å². The number of rotatable bonds is 23. The van der Waals surface area contributed by atoms with E-state index in [1.54, 1.807) is 0 Å². The molecule has 8 N–H and O–H groups in total. The van der Waals surface area contributed by atoms with E-state index in [4.69, 9.17) is 10.8 Å². The molecule has 0 bridgehead atoms. The molecule has 1 saturated heterocycles. The first-order valence-electron chi connectivity index (χ1n) is 13.8. The van der Waals surface area contributed by atoms with Crippen molar-refractivity contribution < 1.29 is 48.6 Å². The van der Waals surface area contributed by atoms with Crippen LogP contribution in [0.3, 0.4) is 0 Å². The fourth-order valence-corrected chi connectivity index (χ4v) is 5.81. The zero-order valence-corrected chi connectivity index (χ0v) is 25.8. The summed E-state index contributed by atoms with van der Waals surface area (Å²) in [7, 11) is 2.38. The van der Waals surface area contributed by atoms with Gasteiger partial charge in [0.1, 0.15) is 24.9 Å². The third kappa shape index (κ3) is 17.3. The Kier molecular flexibility index (Phi) is 19.8. The molecule has 4 atom stereocenters. The number of carboxylic acid groups (broad SMARTS) is 1. The minimum absolute atomic E-state index is 0.0140. The van der Waals surface area contributed by atoms with Gasteiger partial charge in [-0.1, -0.05) is 21.6 Å². The molecule has 44 heavy (non-hydrogen) atoms. The zero-order valence-electron chi connectivity index (χ0n) is 24.2. The summed E-state index contributed by atoms with van der Waals surface area (Å²) in [5.74, 6) is -3.24. The summed E-state index contributed by atoms with van der Waals surface area (Å²) >= 11 is 0. The van der Waals surface area contributed by atoms with Gasteiger partial charge in [0.25, 0.3) is 0 Å². The van der Waals surface area contributed by atoms with Gasteiger partial charge in [-0.25, -0.2) is 4.79 Å². The lowest BCUT2D eigenvalue weighted by atomic mass is 10.1. The highest BCUT2D eigenvalue weighted by atomic mass is 33.1. The van der Waals surface area contributed by atoms with Crippen molar-refractivity contribution in [2.75, 3.05) is 63.9 Å². The molecule has 0 aromatic rings. The van der Waals surface area contributed by atoms with Crippen LogP contribution in [0.1, 0.15) is 19.3 Å². The molecule has 0 spiro atoms. The molecule has 0 radical (unpaired) electrons. The first kappa shape index (κ1) is 38.9. The Hall–Kier alpha value is -3.10. The topological polar surface area (TPSA) is 258 Å². The van der Waals surface area contributed by atoms with E-state index in [9.17, 15) is 43.5 Å². The molecule has 17 nitrogen and oxygen atoms in total. The third-order valence-electron chi connectivity index (χ3n) is 6.14. The highest BCUT2D eigenvalue weighted by molar-refractivity contribution is 8.76. The predicted molar refractivity (Wildman–Crippen MR) is 161 cm³/mol. The second-order valence-electron chi connectivity index (χ2n) is 9.79. The number of carboxylic acids is 1. The fraction of sp³-hybridized carbons (Fsp3) is 0.680. The molecule has 0 aromatic carbocycles. The molecule has 248 valence electrons. The van der Waals surface area contributed by atoms with Crippen LogP contribution in [0.5, 0.6) is 0 Å². The first-order chi connectivity index (χ1) is 21.0. The molecule has 0 saturated carbocycles. The van der Waals surface area contributed by atoms with Crippen molar-refractivity contribution in [2.24, 2.45) is 5.73 Å². The molecule has 0 unspecified atom stereocenters. The maximum Gasteiger partial charge on any atom is 0.327 e. The smallest absolute Gasteiger partial charge is 0.327 e. The number of nitrogens with zero attached hydrogens (tertiary/aromatic N) is 2. The number of aliphatic carboxylic acids is 1. The quantitative estimate of drug-likeness (QED) is 0.0310. The summed E-state index contributed by atoms with van der Waals surface area (Å²) in [5.41, 5.74) is 5.42. The Balaban J connectivity index is 2.40. The lowest BCUT2D eigenvalue weighted by Gasteiger charge is -2.34. The van der Waals surface area contributed by atoms with Gasteiger partial charge in [-0.2, -0.15) is 0 Å². The highest BCUT2D eigenvalue weighted by Crippen LogP contribution is 2.21. The number of hydrogen-bond acceptors (Lipinski definition) is 14. The Morgan fingerprint density at radius 3 is 1.89 bits per heavy atom. The monoisotopic (exact) mass is 663 g/mol. The Bertz CT molecular complexity index is 985. The number of aldehydes is 3. The van der Waals surface area contributed by atoms with Crippen molar-refractivity contribution >= 4 is 70.0 Å². The minimum Gasteiger partial charge on any atom is -0.480 e. The largest absolute Gasteiger partial charge is 0.480 e. The normalized spacial score (nSPS) is 16.4. The summed E-state index contributed by atoms with van der Waals surface area (Å²) in [6.07, 6.45) is 0.126. The molecule has 1 fully saturated rings. The highest BCUT2D eigenvalue weighted by Gasteiger charge is 2.25. The Morgan fingerprint density at radius 2 is 1.34 bits per heavy atom. The van der Waals surface area contributed by atoms with E-state index in [1.165, 1.54) is 10.8 Å². The number of aliphatic hydroxyl groups excluding tert-OH is 1. The second kappa shape index (κ2) is 22.4. The van der Waals surface area contributed by atoms with Crippen LogP contribution >= 0.6 is 21.6 Å². The van der Waals surface area contributed by atoms with Crippen molar-refractivity contribution in [1.29, 1.82) is 0 Å². The first-order valence-corrected chi connectivity index (χ1v) is 16.3. The molecule has 1 rings (SSSR count). The van der Waals surface area contributed by atoms with Gasteiger partial charge in [0.05, 0.1) is 44.1 Å². The molecule has 0 aromatic heterocycles. The van der Waals surface area contributed by atoms with Gasteiger partial charge in [0.2, 0.25) is 23.6 Å². The van der Waals surface area contributed by atoms with Gasteiger partial charge in [-0.05, 0) is 0 Å². The van der Waals surface area contributed by atoms with E-state index < -0.39 is 60.7 Å². The van der Waals surface area contributed by atoms with Gasteiger partial charge >= 0.3 is 5.97 Å². The summed E-state index contributed by atoms with van der Waals surface area (Å²) in [6.45, 7) is 3.23. The maximum absolute atomic E-state index is 12.5. The van der Waals surface area contributed by atoms with Crippen LogP contribution in [-0.4, -0.2) is 157 Å². The second-order valence-corrected chi connectivity index (χ2v) is 12.4. The third-order valence-corrected chi connectivity index (χ3v) is 8.53. The number of hydrogen-bond donors (Lipinski definition) is 7. The van der Waals surface area contributed by atoms with Crippen LogP contribution in [0, 0.1) is 0 Å². The number of carbonyl (C=O) groups is 8. The molecule has 1 aliphatic heterocycles. The van der Waals surface area contributed by atoms with Crippen LogP contribution in [0.2, 0.25) is 0 Å². The van der Waals surface area contributed by atoms with Crippen LogP contribution in [0.4, 0.5) is 0 Å². The number of piperazine rings is 1. The van der Waals surface area contributed by atoms with Crippen molar-refractivity contribution in [3.63, 3.8) is 0 Å². The molecule has 4 amide bonds. The number of carbonyl (C=O) groups excluding carboxylic acids is 7. The zero-order chi connectivity index (χ0) is 32.9. The van der Waals surface area contributed by atoms with Crippen LogP contribution in [0.25, 0.3) is 0 Å².